The van der Waals surface area contributed by atoms with Crippen molar-refractivity contribution in [2.45, 2.75) is 45.3 Å². The van der Waals surface area contributed by atoms with Crippen LogP contribution in [-0.2, 0) is 0 Å². The molecule has 1 fully saturated rings. The number of rotatable bonds is 3. The molecule has 110 valence electrons. The second-order valence-electron chi connectivity index (χ2n) is 6.32. The average molecular weight is 275 g/mol. The lowest BCUT2D eigenvalue weighted by Gasteiger charge is -2.37. The van der Waals surface area contributed by atoms with E-state index < -0.39 is 0 Å². The molecule has 1 heterocycles. The molecule has 3 heteroatoms. The number of ether oxygens (including phenoxy) is 2. The van der Waals surface area contributed by atoms with Gasteiger partial charge >= 0.3 is 0 Å². The van der Waals surface area contributed by atoms with Crippen molar-refractivity contribution in [3.8, 4) is 11.5 Å². The monoisotopic (exact) mass is 275 g/mol. The smallest absolute Gasteiger partial charge is 0.161 e. The van der Waals surface area contributed by atoms with Crippen molar-refractivity contribution in [2.75, 3.05) is 13.2 Å². The highest BCUT2D eigenvalue weighted by molar-refractivity contribution is 5.40. The molecule has 0 amide bonds. The summed E-state index contributed by atoms with van der Waals surface area (Å²) in [6.07, 6.45) is 4.17. The Hall–Kier alpha value is -1.22. The Labute approximate surface area is 121 Å². The highest BCUT2D eigenvalue weighted by Crippen LogP contribution is 2.31. The van der Waals surface area contributed by atoms with E-state index in [-0.39, 0.29) is 6.10 Å². The lowest BCUT2D eigenvalue weighted by atomic mass is 9.78. The third-order valence-electron chi connectivity index (χ3n) is 4.69. The van der Waals surface area contributed by atoms with Gasteiger partial charge in [0.2, 0.25) is 0 Å². The minimum Gasteiger partial charge on any atom is -0.486 e. The molecule has 1 N–H and O–H groups in total. The fourth-order valence-corrected chi connectivity index (χ4v) is 3.52. The minimum atomic E-state index is 0.117. The van der Waals surface area contributed by atoms with Crippen LogP contribution >= 0.6 is 0 Å². The Bertz CT molecular complexity index is 438. The molecule has 1 aliphatic heterocycles. The Kier molecular flexibility index (Phi) is 4.16. The topological polar surface area (TPSA) is 30.5 Å². The molecule has 3 rings (SSSR count). The van der Waals surface area contributed by atoms with Crippen molar-refractivity contribution in [2.24, 2.45) is 11.8 Å². The summed E-state index contributed by atoms with van der Waals surface area (Å²) < 4.78 is 11.8. The fraction of sp³-hybridized carbons (Fsp3) is 0.647. The van der Waals surface area contributed by atoms with Crippen LogP contribution in [-0.4, -0.2) is 25.3 Å². The molecule has 3 atom stereocenters. The van der Waals surface area contributed by atoms with Gasteiger partial charge in [0.1, 0.15) is 12.7 Å². The maximum absolute atomic E-state index is 6.01. The first kappa shape index (κ1) is 13.7. The van der Waals surface area contributed by atoms with Crippen LogP contribution in [0.15, 0.2) is 24.3 Å². The van der Waals surface area contributed by atoms with Crippen LogP contribution in [0.1, 0.15) is 33.1 Å². The van der Waals surface area contributed by atoms with Gasteiger partial charge in [-0.05, 0) is 36.8 Å². The Balaban J connectivity index is 1.55. The van der Waals surface area contributed by atoms with Crippen molar-refractivity contribution in [3.63, 3.8) is 0 Å². The summed E-state index contributed by atoms with van der Waals surface area (Å²) in [7, 11) is 0. The predicted octanol–water partition coefficient (Wildman–Crippen LogP) is 3.24. The molecule has 0 bridgehead atoms. The van der Waals surface area contributed by atoms with Gasteiger partial charge in [-0.3, -0.25) is 0 Å². The number of hydrogen-bond acceptors (Lipinski definition) is 3. The summed E-state index contributed by atoms with van der Waals surface area (Å²) in [6, 6.07) is 8.53. The van der Waals surface area contributed by atoms with E-state index in [0.717, 1.165) is 29.9 Å². The molecule has 1 aromatic carbocycles. The summed E-state index contributed by atoms with van der Waals surface area (Å²) in [6.45, 7) is 6.23. The van der Waals surface area contributed by atoms with Gasteiger partial charge in [0, 0.05) is 12.6 Å². The summed E-state index contributed by atoms with van der Waals surface area (Å²) in [4.78, 5) is 0. The molecule has 1 aliphatic carbocycles. The Morgan fingerprint density at radius 1 is 1.10 bits per heavy atom. The van der Waals surface area contributed by atoms with E-state index in [1.54, 1.807) is 0 Å². The average Bonchev–Trinajstić information content (AvgIpc) is 2.46. The first-order valence-corrected chi connectivity index (χ1v) is 7.86. The number of para-hydroxylation sites is 2. The van der Waals surface area contributed by atoms with Crippen molar-refractivity contribution in [1.82, 2.24) is 5.32 Å². The quantitative estimate of drug-likeness (QED) is 0.918. The second-order valence-corrected chi connectivity index (χ2v) is 6.32. The van der Waals surface area contributed by atoms with Crippen molar-refractivity contribution >= 4 is 0 Å². The van der Waals surface area contributed by atoms with Crippen LogP contribution in [0.3, 0.4) is 0 Å². The van der Waals surface area contributed by atoms with E-state index >= 15 is 0 Å². The van der Waals surface area contributed by atoms with Crippen LogP contribution < -0.4 is 14.8 Å². The summed E-state index contributed by atoms with van der Waals surface area (Å²) in [5, 5.41) is 3.72. The van der Waals surface area contributed by atoms with Crippen molar-refractivity contribution < 1.29 is 9.47 Å². The van der Waals surface area contributed by atoms with E-state index in [1.807, 2.05) is 24.3 Å². The molecule has 0 radical (unpaired) electrons. The molecular weight excluding hydrogens is 250 g/mol. The molecular formula is C17H25NO2. The van der Waals surface area contributed by atoms with Gasteiger partial charge in [-0.2, -0.15) is 0 Å². The number of hydrogen-bond donors (Lipinski definition) is 1. The number of fused-ring (bicyclic) bond motifs is 1. The van der Waals surface area contributed by atoms with Crippen molar-refractivity contribution in [1.29, 1.82) is 0 Å². The summed E-state index contributed by atoms with van der Waals surface area (Å²) in [5.41, 5.74) is 0. The molecule has 1 aromatic rings. The highest BCUT2D eigenvalue weighted by Gasteiger charge is 2.29. The van der Waals surface area contributed by atoms with E-state index in [9.17, 15) is 0 Å². The maximum atomic E-state index is 6.01. The van der Waals surface area contributed by atoms with Crippen LogP contribution in [0.25, 0.3) is 0 Å². The minimum absolute atomic E-state index is 0.117. The number of nitrogens with one attached hydrogen (secondary N) is 1. The lowest BCUT2D eigenvalue weighted by molar-refractivity contribution is 0.0803. The lowest BCUT2D eigenvalue weighted by Crippen LogP contribution is -2.48. The normalized spacial score (nSPS) is 32.9. The number of benzene rings is 1. The highest BCUT2D eigenvalue weighted by atomic mass is 16.6. The first-order valence-electron chi connectivity index (χ1n) is 7.86. The molecule has 3 unspecified atom stereocenters. The molecule has 3 nitrogen and oxygen atoms in total. The Morgan fingerprint density at radius 3 is 2.55 bits per heavy atom. The third-order valence-corrected chi connectivity index (χ3v) is 4.69. The van der Waals surface area contributed by atoms with E-state index in [0.29, 0.717) is 12.6 Å². The first-order chi connectivity index (χ1) is 9.74. The molecule has 1 saturated carbocycles. The maximum Gasteiger partial charge on any atom is 0.161 e. The SMILES string of the molecule is CC1CCCC(C)C1NCC1COc2ccccc2O1. The van der Waals surface area contributed by atoms with Crippen molar-refractivity contribution in [3.05, 3.63) is 24.3 Å². The standard InChI is InChI=1S/C17H25NO2/c1-12-6-5-7-13(2)17(12)18-10-14-11-19-15-8-3-4-9-16(15)20-14/h3-4,8-9,12-14,17-18H,5-7,10-11H2,1-2H3. The summed E-state index contributed by atoms with van der Waals surface area (Å²) in [5.74, 6) is 3.25. The van der Waals surface area contributed by atoms with Gasteiger partial charge < -0.3 is 14.8 Å². The zero-order valence-electron chi connectivity index (χ0n) is 12.5. The zero-order valence-corrected chi connectivity index (χ0v) is 12.5. The molecule has 0 saturated heterocycles. The third kappa shape index (κ3) is 2.93. The Morgan fingerprint density at radius 2 is 1.80 bits per heavy atom. The van der Waals surface area contributed by atoms with Crippen LogP contribution in [0.5, 0.6) is 11.5 Å². The fourth-order valence-electron chi connectivity index (χ4n) is 3.52. The van der Waals surface area contributed by atoms with Crippen LogP contribution in [0.2, 0.25) is 0 Å². The zero-order chi connectivity index (χ0) is 13.9. The van der Waals surface area contributed by atoms with Crippen LogP contribution in [0, 0.1) is 11.8 Å². The predicted molar refractivity (Wildman–Crippen MR) is 80.3 cm³/mol. The largest absolute Gasteiger partial charge is 0.486 e. The van der Waals surface area contributed by atoms with Crippen LogP contribution in [0.4, 0.5) is 0 Å². The van der Waals surface area contributed by atoms with Gasteiger partial charge in [-0.15, -0.1) is 0 Å². The van der Waals surface area contributed by atoms with Gasteiger partial charge in [0.05, 0.1) is 0 Å². The van der Waals surface area contributed by atoms with E-state index in [1.165, 1.54) is 19.3 Å². The van der Waals surface area contributed by atoms with Gasteiger partial charge in [0.15, 0.2) is 11.5 Å². The molecule has 2 aliphatic rings. The summed E-state index contributed by atoms with van der Waals surface area (Å²) >= 11 is 0. The molecule has 0 aromatic heterocycles. The molecule has 20 heavy (non-hydrogen) atoms. The molecule has 0 spiro atoms. The van der Waals surface area contributed by atoms with E-state index in [4.69, 9.17) is 9.47 Å². The van der Waals surface area contributed by atoms with Gasteiger partial charge in [-0.25, -0.2) is 0 Å². The van der Waals surface area contributed by atoms with E-state index in [2.05, 4.69) is 19.2 Å². The second kappa shape index (κ2) is 6.04. The van der Waals surface area contributed by atoms with Gasteiger partial charge in [0.25, 0.3) is 0 Å². The van der Waals surface area contributed by atoms with Gasteiger partial charge in [-0.1, -0.05) is 32.4 Å².